The Hall–Kier alpha value is -3.74. The van der Waals surface area contributed by atoms with Gasteiger partial charge in [0.15, 0.2) is 0 Å². The molecule has 0 N–H and O–H groups in total. The van der Waals surface area contributed by atoms with Gasteiger partial charge in [-0.05, 0) is 65.8 Å². The van der Waals surface area contributed by atoms with E-state index in [9.17, 15) is 0 Å². The minimum absolute atomic E-state index is 0.100. The predicted molar refractivity (Wildman–Crippen MR) is 140 cm³/mol. The van der Waals surface area contributed by atoms with Crippen LogP contribution >= 0.6 is 0 Å². The highest BCUT2D eigenvalue weighted by Crippen LogP contribution is 2.67. The van der Waals surface area contributed by atoms with Crippen molar-refractivity contribution in [2.24, 2.45) is 23.7 Å². The summed E-state index contributed by atoms with van der Waals surface area (Å²) in [5.74, 6) is 1.46. The second-order valence-electron chi connectivity index (χ2n) is 10.6. The van der Waals surface area contributed by atoms with Crippen LogP contribution in [0.1, 0.15) is 29.6 Å². The molecule has 2 aliphatic carbocycles. The minimum Gasteiger partial charge on any atom is -0.269 e. The van der Waals surface area contributed by atoms with E-state index in [4.69, 9.17) is 9.68 Å². The fourth-order valence-corrected chi connectivity index (χ4v) is 7.63. The summed E-state index contributed by atoms with van der Waals surface area (Å²) in [5, 5.41) is 4.31. The fourth-order valence-electron chi connectivity index (χ4n) is 7.63. The van der Waals surface area contributed by atoms with Crippen LogP contribution in [-0.4, -0.2) is 22.2 Å². The van der Waals surface area contributed by atoms with Crippen LogP contribution in [0.3, 0.4) is 0 Å². The summed E-state index contributed by atoms with van der Waals surface area (Å²) in [7, 11) is 0. The highest BCUT2D eigenvalue weighted by atomic mass is 16.7. The number of hydroxylamine groups is 2. The lowest BCUT2D eigenvalue weighted by atomic mass is 9.71. The number of hydrogen-bond acceptors (Lipinski definition) is 6. The summed E-state index contributed by atoms with van der Waals surface area (Å²) in [4.78, 5) is 22.8. The van der Waals surface area contributed by atoms with Crippen LogP contribution in [0.5, 0.6) is 0 Å². The van der Waals surface area contributed by atoms with E-state index in [1.54, 1.807) is 0 Å². The van der Waals surface area contributed by atoms with Crippen molar-refractivity contribution < 1.29 is 9.68 Å². The normalized spacial score (nSPS) is 33.5. The molecule has 6 nitrogen and oxygen atoms in total. The Bertz CT molecular complexity index is 1270. The van der Waals surface area contributed by atoms with E-state index < -0.39 is 0 Å². The molecule has 2 bridgehead atoms. The Kier molecular flexibility index (Phi) is 4.85. The van der Waals surface area contributed by atoms with Crippen LogP contribution in [0.2, 0.25) is 0 Å². The molecule has 8 rings (SSSR count). The highest BCUT2D eigenvalue weighted by molar-refractivity contribution is 5.50. The molecular weight excluding hydrogens is 460 g/mol. The van der Waals surface area contributed by atoms with Crippen LogP contribution < -0.4 is 10.1 Å². The number of aromatic nitrogens is 2. The van der Waals surface area contributed by atoms with Gasteiger partial charge in [-0.3, -0.25) is 19.6 Å². The second kappa shape index (κ2) is 8.40. The summed E-state index contributed by atoms with van der Waals surface area (Å²) in [5.41, 5.74) is 4.58. The van der Waals surface area contributed by atoms with Crippen molar-refractivity contribution in [1.82, 2.24) is 9.97 Å². The fraction of sp³-hybridized carbons (Fsp3) is 0.290. The number of hydrogen-bond donors (Lipinski definition) is 0. The topological polar surface area (TPSA) is 50.7 Å². The summed E-state index contributed by atoms with van der Waals surface area (Å²) in [6.07, 6.45) is 9.09. The third-order valence-electron chi connectivity index (χ3n) is 8.91. The number of para-hydroxylation sites is 2. The van der Waals surface area contributed by atoms with E-state index >= 15 is 0 Å². The third kappa shape index (κ3) is 3.19. The van der Waals surface area contributed by atoms with Crippen LogP contribution in [0, 0.1) is 23.7 Å². The van der Waals surface area contributed by atoms with Crippen molar-refractivity contribution in [1.29, 1.82) is 0 Å². The molecule has 37 heavy (non-hydrogen) atoms. The van der Waals surface area contributed by atoms with E-state index in [-0.39, 0.29) is 24.3 Å². The second-order valence-corrected chi connectivity index (χ2v) is 10.6. The standard InChI is InChI=1S/C31H28N4O2/c1-3-11-22(12-4-1)34-28(20-9-7-15-32-18-20)26-24-17-25(30(26)36-34)27-29(21-10-8-16-33-19-21)35(37-31(24)27)23-13-5-2-6-14-23/h1-16,18-19,24-31H,17H2/t24-,25-,26-,27-,28+,29+,30-,31-/m1/s1. The van der Waals surface area contributed by atoms with Gasteiger partial charge in [0.05, 0.1) is 35.7 Å². The smallest absolute Gasteiger partial charge is 0.0945 e. The van der Waals surface area contributed by atoms with Gasteiger partial charge in [-0.1, -0.05) is 48.5 Å². The molecule has 2 saturated heterocycles. The van der Waals surface area contributed by atoms with Gasteiger partial charge in [0.25, 0.3) is 0 Å². The van der Waals surface area contributed by atoms with Crippen LogP contribution in [0.4, 0.5) is 11.4 Å². The zero-order chi connectivity index (χ0) is 24.3. The first kappa shape index (κ1) is 21.4. The number of pyridine rings is 2. The molecule has 2 aromatic heterocycles. The molecule has 2 aliphatic heterocycles. The summed E-state index contributed by atoms with van der Waals surface area (Å²) >= 11 is 0. The molecule has 2 aromatic carbocycles. The van der Waals surface area contributed by atoms with Crippen molar-refractivity contribution >= 4 is 11.4 Å². The van der Waals surface area contributed by atoms with Gasteiger partial charge in [0.2, 0.25) is 0 Å². The van der Waals surface area contributed by atoms with Gasteiger partial charge in [0, 0.05) is 36.6 Å². The highest BCUT2D eigenvalue weighted by Gasteiger charge is 2.70. The molecule has 6 heteroatoms. The van der Waals surface area contributed by atoms with Crippen molar-refractivity contribution in [3.8, 4) is 0 Å². The predicted octanol–water partition coefficient (Wildman–Crippen LogP) is 5.78. The molecule has 0 amide bonds. The van der Waals surface area contributed by atoms with Gasteiger partial charge in [-0.25, -0.2) is 10.1 Å². The summed E-state index contributed by atoms with van der Waals surface area (Å²) in [6, 6.07) is 29.6. The summed E-state index contributed by atoms with van der Waals surface area (Å²) < 4.78 is 0. The number of anilines is 2. The van der Waals surface area contributed by atoms with Crippen LogP contribution in [0.15, 0.2) is 110 Å². The van der Waals surface area contributed by atoms with Gasteiger partial charge in [-0.15, -0.1) is 0 Å². The van der Waals surface area contributed by atoms with Crippen molar-refractivity contribution in [3.63, 3.8) is 0 Å². The Morgan fingerprint density at radius 3 is 1.43 bits per heavy atom. The lowest BCUT2D eigenvalue weighted by molar-refractivity contribution is -0.0291. The van der Waals surface area contributed by atoms with Crippen molar-refractivity contribution in [2.45, 2.75) is 30.7 Å². The molecule has 4 aromatic rings. The maximum atomic E-state index is 6.92. The number of nitrogens with zero attached hydrogens (tertiary/aromatic N) is 4. The van der Waals surface area contributed by atoms with Gasteiger partial charge < -0.3 is 0 Å². The number of rotatable bonds is 4. The van der Waals surface area contributed by atoms with E-state index in [2.05, 4.69) is 92.9 Å². The van der Waals surface area contributed by atoms with Crippen molar-refractivity contribution in [2.75, 3.05) is 10.1 Å². The SMILES string of the molecule is c1ccc(N2O[C@@H]3[C@@H]4C[C@@H]([C@H]5ON(c6ccccc6)[C@@H](c6cccnc6)[C@@H]45)[C@@H]3[C@@H]2c2cccnc2)cc1. The zero-order valence-corrected chi connectivity index (χ0v) is 20.3. The molecule has 8 atom stereocenters. The molecule has 0 unspecified atom stereocenters. The largest absolute Gasteiger partial charge is 0.269 e. The molecule has 0 spiro atoms. The van der Waals surface area contributed by atoms with E-state index in [0.29, 0.717) is 23.7 Å². The first-order valence-corrected chi connectivity index (χ1v) is 13.2. The first-order chi connectivity index (χ1) is 18.4. The molecular formula is C31H28N4O2. The maximum Gasteiger partial charge on any atom is 0.0945 e. The van der Waals surface area contributed by atoms with E-state index in [1.807, 2.05) is 36.9 Å². The molecule has 4 fully saturated rings. The lowest BCUT2D eigenvalue weighted by Gasteiger charge is -2.33. The Morgan fingerprint density at radius 2 is 1.03 bits per heavy atom. The molecule has 184 valence electrons. The third-order valence-corrected chi connectivity index (χ3v) is 8.91. The number of fused-ring (bicyclic) bond motifs is 8. The maximum absolute atomic E-state index is 6.92. The van der Waals surface area contributed by atoms with E-state index in [1.165, 1.54) is 11.1 Å². The zero-order valence-electron chi connectivity index (χ0n) is 20.3. The van der Waals surface area contributed by atoms with Crippen LogP contribution in [-0.2, 0) is 9.68 Å². The quantitative estimate of drug-likeness (QED) is 0.363. The Balaban J connectivity index is 1.21. The average molecular weight is 489 g/mol. The van der Waals surface area contributed by atoms with Gasteiger partial charge in [-0.2, -0.15) is 0 Å². The first-order valence-electron chi connectivity index (χ1n) is 13.2. The van der Waals surface area contributed by atoms with E-state index in [0.717, 1.165) is 17.8 Å². The van der Waals surface area contributed by atoms with Gasteiger partial charge in [0.1, 0.15) is 0 Å². The lowest BCUT2D eigenvalue weighted by Crippen LogP contribution is -2.40. The number of benzene rings is 2. The Morgan fingerprint density at radius 1 is 0.568 bits per heavy atom. The summed E-state index contributed by atoms with van der Waals surface area (Å²) in [6.45, 7) is 0. The Labute approximate surface area is 216 Å². The van der Waals surface area contributed by atoms with Gasteiger partial charge >= 0.3 is 0 Å². The monoisotopic (exact) mass is 488 g/mol. The van der Waals surface area contributed by atoms with Crippen molar-refractivity contribution in [3.05, 3.63) is 121 Å². The molecule has 0 radical (unpaired) electrons. The minimum atomic E-state index is 0.100. The molecule has 4 heterocycles. The van der Waals surface area contributed by atoms with Crippen LogP contribution in [0.25, 0.3) is 0 Å². The molecule has 4 aliphatic rings. The average Bonchev–Trinajstić information content (AvgIpc) is 3.72. The molecule has 2 saturated carbocycles.